The van der Waals surface area contributed by atoms with Crippen LogP contribution in [0.15, 0.2) is 40.7 Å². The van der Waals surface area contributed by atoms with E-state index in [0.717, 1.165) is 49.8 Å². The molecule has 0 saturated carbocycles. The summed E-state index contributed by atoms with van der Waals surface area (Å²) in [6.07, 6.45) is 0.834. The van der Waals surface area contributed by atoms with Crippen LogP contribution in [0.1, 0.15) is 10.7 Å². The van der Waals surface area contributed by atoms with Gasteiger partial charge in [-0.2, -0.15) is 0 Å². The number of nitrogens with zero attached hydrogens (tertiary/aromatic N) is 4. The number of anilines is 1. The Morgan fingerprint density at radius 3 is 2.52 bits per heavy atom. The first-order chi connectivity index (χ1) is 13.7. The van der Waals surface area contributed by atoms with Crippen LogP contribution in [0.2, 0.25) is 0 Å². The van der Waals surface area contributed by atoms with Crippen molar-refractivity contribution in [2.75, 3.05) is 51.2 Å². The summed E-state index contributed by atoms with van der Waals surface area (Å²) in [4.78, 5) is 25.4. The fourth-order valence-corrected chi connectivity index (χ4v) is 3.82. The normalized spacial score (nSPS) is 14.3. The van der Waals surface area contributed by atoms with Gasteiger partial charge >= 0.3 is 0 Å². The van der Waals surface area contributed by atoms with Gasteiger partial charge in [0.05, 0.1) is 17.2 Å². The van der Waals surface area contributed by atoms with Crippen molar-refractivity contribution in [3.63, 3.8) is 0 Å². The molecule has 0 spiro atoms. The van der Waals surface area contributed by atoms with Crippen molar-refractivity contribution in [3.05, 3.63) is 46.4 Å². The van der Waals surface area contributed by atoms with E-state index in [2.05, 4.69) is 43.0 Å². The Morgan fingerprint density at radius 2 is 1.90 bits per heavy atom. The second kappa shape index (κ2) is 12.0. The summed E-state index contributed by atoms with van der Waals surface area (Å²) in [5.41, 5.74) is 2.30. The van der Waals surface area contributed by atoms with Crippen LogP contribution >= 0.6 is 35.3 Å². The van der Waals surface area contributed by atoms with Gasteiger partial charge in [-0.05, 0) is 19.1 Å². The maximum absolute atomic E-state index is 12.5. The average Bonchev–Trinajstić information content (AvgIpc) is 3.16. The molecule has 1 fully saturated rings. The third-order valence-electron chi connectivity index (χ3n) is 4.72. The number of aryl methyl sites for hydroxylation is 1. The lowest BCUT2D eigenvalue weighted by Crippen LogP contribution is -2.52. The van der Waals surface area contributed by atoms with Crippen LogP contribution in [0.5, 0.6) is 0 Å². The van der Waals surface area contributed by atoms with Gasteiger partial charge in [0.15, 0.2) is 5.96 Å². The van der Waals surface area contributed by atoms with Gasteiger partial charge in [0, 0.05) is 57.3 Å². The molecule has 2 aromatic rings. The number of para-hydroxylation sites is 1. The second-order valence-electron chi connectivity index (χ2n) is 6.66. The first-order valence-electron chi connectivity index (χ1n) is 9.59. The molecule has 0 bridgehead atoms. The van der Waals surface area contributed by atoms with E-state index in [1.54, 1.807) is 18.4 Å². The van der Waals surface area contributed by atoms with Crippen LogP contribution < -0.4 is 15.5 Å². The molecule has 7 nitrogen and oxygen atoms in total. The highest BCUT2D eigenvalue weighted by atomic mass is 127. The molecule has 1 amide bonds. The maximum Gasteiger partial charge on any atom is 0.242 e. The van der Waals surface area contributed by atoms with E-state index in [1.807, 2.05) is 30.0 Å². The highest BCUT2D eigenvalue weighted by Crippen LogP contribution is 2.15. The van der Waals surface area contributed by atoms with E-state index < -0.39 is 0 Å². The molecular formula is C20H29IN6OS. The number of aromatic nitrogens is 1. The number of nitrogens with one attached hydrogen (secondary N) is 2. The minimum Gasteiger partial charge on any atom is -0.368 e. The van der Waals surface area contributed by atoms with Gasteiger partial charge in [-0.3, -0.25) is 9.79 Å². The van der Waals surface area contributed by atoms with Crippen LogP contribution in [0.3, 0.4) is 0 Å². The van der Waals surface area contributed by atoms with Crippen molar-refractivity contribution in [3.8, 4) is 0 Å². The molecule has 1 saturated heterocycles. The minimum absolute atomic E-state index is 0. The molecule has 9 heteroatoms. The summed E-state index contributed by atoms with van der Waals surface area (Å²) in [5.74, 6) is 0.744. The molecule has 0 radical (unpaired) electrons. The highest BCUT2D eigenvalue weighted by Gasteiger charge is 2.21. The van der Waals surface area contributed by atoms with Crippen molar-refractivity contribution in [1.82, 2.24) is 20.5 Å². The van der Waals surface area contributed by atoms with E-state index in [0.29, 0.717) is 5.96 Å². The minimum atomic E-state index is 0. The molecule has 0 atom stereocenters. The number of carbonyl (C=O) groups excluding carboxylic acids is 1. The third-order valence-corrected chi connectivity index (χ3v) is 5.55. The zero-order valence-electron chi connectivity index (χ0n) is 16.9. The number of benzene rings is 1. The van der Waals surface area contributed by atoms with Gasteiger partial charge in [0.1, 0.15) is 0 Å². The standard InChI is InChI=1S/C20H28N6OS.HI/c1-16-24-17(15-28-16)8-9-22-20(21-2)23-14-19(27)26-12-10-25(11-13-26)18-6-4-3-5-7-18;/h3-7,15H,8-14H2,1-2H3,(H2,21,22,23);1H. The summed E-state index contributed by atoms with van der Waals surface area (Å²) < 4.78 is 0. The summed E-state index contributed by atoms with van der Waals surface area (Å²) in [6.45, 7) is 6.18. The Kier molecular flexibility index (Phi) is 9.65. The average molecular weight is 528 g/mol. The topological polar surface area (TPSA) is 72.9 Å². The molecule has 2 N–H and O–H groups in total. The molecule has 1 aromatic heterocycles. The lowest BCUT2D eigenvalue weighted by Gasteiger charge is -2.36. The van der Waals surface area contributed by atoms with Crippen LogP contribution in [0.4, 0.5) is 5.69 Å². The predicted molar refractivity (Wildman–Crippen MR) is 131 cm³/mol. The molecular weight excluding hydrogens is 499 g/mol. The van der Waals surface area contributed by atoms with Gasteiger partial charge in [0.2, 0.25) is 5.91 Å². The van der Waals surface area contributed by atoms with Gasteiger partial charge < -0.3 is 20.4 Å². The van der Waals surface area contributed by atoms with Crippen molar-refractivity contribution in [2.45, 2.75) is 13.3 Å². The molecule has 0 unspecified atom stereocenters. The van der Waals surface area contributed by atoms with Crippen LogP contribution in [-0.2, 0) is 11.2 Å². The molecule has 1 aromatic carbocycles. The van der Waals surface area contributed by atoms with E-state index in [4.69, 9.17) is 0 Å². The number of halogens is 1. The number of hydrogen-bond donors (Lipinski definition) is 2. The van der Waals surface area contributed by atoms with E-state index in [-0.39, 0.29) is 36.4 Å². The maximum atomic E-state index is 12.5. The summed E-state index contributed by atoms with van der Waals surface area (Å²) in [5, 5.41) is 9.51. The molecule has 3 rings (SSSR count). The third kappa shape index (κ3) is 7.14. The fraction of sp³-hybridized carbons (Fsp3) is 0.450. The Labute approximate surface area is 193 Å². The predicted octanol–water partition coefficient (Wildman–Crippen LogP) is 2.13. The van der Waals surface area contributed by atoms with Gasteiger partial charge in [-0.15, -0.1) is 35.3 Å². The summed E-state index contributed by atoms with van der Waals surface area (Å²) >= 11 is 1.66. The van der Waals surface area contributed by atoms with Gasteiger partial charge in [-0.25, -0.2) is 4.98 Å². The Balaban J connectivity index is 0.00000300. The molecule has 0 aliphatic carbocycles. The van der Waals surface area contributed by atoms with E-state index >= 15 is 0 Å². The molecule has 29 heavy (non-hydrogen) atoms. The number of guanidine groups is 1. The Morgan fingerprint density at radius 1 is 1.17 bits per heavy atom. The van der Waals surface area contributed by atoms with Crippen molar-refractivity contribution in [1.29, 1.82) is 0 Å². The number of rotatable bonds is 6. The van der Waals surface area contributed by atoms with Crippen LogP contribution in [-0.4, -0.2) is 68.1 Å². The smallest absolute Gasteiger partial charge is 0.242 e. The molecule has 158 valence electrons. The number of amides is 1. The zero-order chi connectivity index (χ0) is 19.8. The first kappa shape index (κ1) is 23.4. The number of thiazole rings is 1. The lowest BCUT2D eigenvalue weighted by atomic mass is 10.2. The van der Waals surface area contributed by atoms with E-state index in [9.17, 15) is 4.79 Å². The largest absolute Gasteiger partial charge is 0.368 e. The van der Waals surface area contributed by atoms with Crippen molar-refractivity contribution in [2.24, 2.45) is 4.99 Å². The highest BCUT2D eigenvalue weighted by molar-refractivity contribution is 14.0. The lowest BCUT2D eigenvalue weighted by molar-refractivity contribution is -0.130. The van der Waals surface area contributed by atoms with Gasteiger partial charge in [-0.1, -0.05) is 18.2 Å². The quantitative estimate of drug-likeness (QED) is 0.342. The van der Waals surface area contributed by atoms with Crippen LogP contribution in [0.25, 0.3) is 0 Å². The van der Waals surface area contributed by atoms with Crippen molar-refractivity contribution < 1.29 is 4.79 Å². The Hall–Kier alpha value is -1.88. The Bertz CT molecular complexity index is 789. The number of aliphatic imine (C=N–C) groups is 1. The summed E-state index contributed by atoms with van der Waals surface area (Å²) in [7, 11) is 1.71. The van der Waals surface area contributed by atoms with Crippen LogP contribution in [0, 0.1) is 6.92 Å². The molecule has 1 aliphatic rings. The second-order valence-corrected chi connectivity index (χ2v) is 7.73. The van der Waals surface area contributed by atoms with E-state index in [1.165, 1.54) is 5.69 Å². The molecule has 1 aliphatic heterocycles. The number of piperazine rings is 1. The first-order valence-corrected chi connectivity index (χ1v) is 10.5. The zero-order valence-corrected chi connectivity index (χ0v) is 20.1. The fourth-order valence-electron chi connectivity index (χ4n) is 3.18. The van der Waals surface area contributed by atoms with Gasteiger partial charge in [0.25, 0.3) is 0 Å². The summed E-state index contributed by atoms with van der Waals surface area (Å²) in [6, 6.07) is 10.3. The number of hydrogen-bond acceptors (Lipinski definition) is 5. The SMILES string of the molecule is CN=C(NCCc1csc(C)n1)NCC(=O)N1CCN(c2ccccc2)CC1.I. The number of carbonyl (C=O) groups is 1. The molecule has 2 heterocycles. The monoisotopic (exact) mass is 528 g/mol. The van der Waals surface area contributed by atoms with Crippen molar-refractivity contribution >= 4 is 52.9 Å².